The van der Waals surface area contributed by atoms with Gasteiger partial charge in [0.2, 0.25) is 17.7 Å². The minimum atomic E-state index is -3.63. The third-order valence-corrected chi connectivity index (χ3v) is 8.66. The van der Waals surface area contributed by atoms with Crippen LogP contribution < -0.4 is 5.32 Å². The Kier molecular flexibility index (Phi) is 5.73. The average molecular weight is 519 g/mol. The van der Waals surface area contributed by atoms with Crippen LogP contribution >= 0.6 is 23.1 Å². The van der Waals surface area contributed by atoms with E-state index in [9.17, 15) is 18.0 Å². The first-order valence-corrected chi connectivity index (χ1v) is 13.6. The number of nitrogens with zero attached hydrogens (tertiary/aromatic N) is 5. The van der Waals surface area contributed by atoms with Gasteiger partial charge in [-0.05, 0) is 24.6 Å². The van der Waals surface area contributed by atoms with Crippen molar-refractivity contribution >= 4 is 54.3 Å². The number of imide groups is 1. The van der Waals surface area contributed by atoms with Crippen LogP contribution in [0.3, 0.4) is 0 Å². The Hall–Kier alpha value is -3.10. The maximum absolute atomic E-state index is 12.7. The molecule has 1 aliphatic rings. The van der Waals surface area contributed by atoms with Crippen molar-refractivity contribution < 1.29 is 22.4 Å². The molecular formula is C20H18N6O5S3. The van der Waals surface area contributed by atoms with Crippen molar-refractivity contribution in [2.45, 2.75) is 30.1 Å². The predicted molar refractivity (Wildman–Crippen MR) is 126 cm³/mol. The topological polar surface area (TPSA) is 150 Å². The van der Waals surface area contributed by atoms with E-state index in [1.165, 1.54) is 11.3 Å². The Balaban J connectivity index is 1.28. The number of thiazole rings is 1. The molecule has 14 heteroatoms. The molecule has 1 aliphatic heterocycles. The number of carbonyl (C=O) groups is 2. The largest absolute Gasteiger partial charge is 0.424 e. The van der Waals surface area contributed by atoms with E-state index in [-0.39, 0.29) is 24.0 Å². The first kappa shape index (κ1) is 22.7. The molecule has 1 N–H and O–H groups in total. The zero-order valence-corrected chi connectivity index (χ0v) is 20.5. The molecule has 11 nitrogen and oxygen atoms in total. The van der Waals surface area contributed by atoms with Gasteiger partial charge in [-0.1, -0.05) is 17.8 Å². The fourth-order valence-electron chi connectivity index (χ4n) is 3.63. The maximum atomic E-state index is 12.7. The van der Waals surface area contributed by atoms with E-state index in [0.717, 1.165) is 38.8 Å². The van der Waals surface area contributed by atoms with Crippen molar-refractivity contribution in [1.82, 2.24) is 30.3 Å². The highest BCUT2D eigenvalue weighted by Gasteiger charge is 2.33. The van der Waals surface area contributed by atoms with Crippen LogP contribution in [-0.4, -0.2) is 49.8 Å². The fourth-order valence-corrected chi connectivity index (χ4v) is 7.05. The van der Waals surface area contributed by atoms with E-state index in [4.69, 9.17) is 4.42 Å². The number of benzene rings is 1. The zero-order chi connectivity index (χ0) is 24.0. The number of sulfone groups is 1. The number of aromatic nitrogens is 5. The van der Waals surface area contributed by atoms with Gasteiger partial charge in [0, 0.05) is 25.2 Å². The number of nitrogens with one attached hydrogen (secondary N) is 1. The summed E-state index contributed by atoms with van der Waals surface area (Å²) in [5, 5.41) is 13.5. The summed E-state index contributed by atoms with van der Waals surface area (Å²) in [6, 6.07) is 5.80. The van der Waals surface area contributed by atoms with E-state index in [1.54, 1.807) is 4.68 Å². The third kappa shape index (κ3) is 4.74. The molecule has 0 bridgehead atoms. The zero-order valence-electron chi connectivity index (χ0n) is 18.0. The Bertz CT molecular complexity index is 1540. The maximum Gasteiger partial charge on any atom is 0.286 e. The second-order valence-corrected chi connectivity index (χ2v) is 12.2. The van der Waals surface area contributed by atoms with Gasteiger partial charge in [0.25, 0.3) is 5.24 Å². The number of rotatable bonds is 7. The van der Waals surface area contributed by atoms with Gasteiger partial charge in [-0.2, -0.15) is 5.10 Å². The van der Waals surface area contributed by atoms with E-state index >= 15 is 0 Å². The van der Waals surface area contributed by atoms with Crippen LogP contribution in [0.25, 0.3) is 21.3 Å². The van der Waals surface area contributed by atoms with E-state index in [0.29, 0.717) is 5.01 Å². The second kappa shape index (κ2) is 8.60. The van der Waals surface area contributed by atoms with E-state index in [1.807, 2.05) is 38.4 Å². The van der Waals surface area contributed by atoms with E-state index < -0.39 is 32.0 Å². The number of fused-ring (bicyclic) bond motifs is 1. The predicted octanol–water partition coefficient (Wildman–Crippen LogP) is 2.40. The summed E-state index contributed by atoms with van der Waals surface area (Å²) < 4.78 is 33.5. The summed E-state index contributed by atoms with van der Waals surface area (Å²) in [7, 11) is -1.77. The summed E-state index contributed by atoms with van der Waals surface area (Å²) in [6.45, 7) is 1.94. The summed E-state index contributed by atoms with van der Waals surface area (Å²) in [5.74, 6) is -1.11. The van der Waals surface area contributed by atoms with Crippen LogP contribution in [0.1, 0.15) is 22.5 Å². The van der Waals surface area contributed by atoms with Crippen molar-refractivity contribution in [2.24, 2.45) is 7.05 Å². The van der Waals surface area contributed by atoms with E-state index in [2.05, 4.69) is 25.6 Å². The van der Waals surface area contributed by atoms with Gasteiger partial charge >= 0.3 is 0 Å². The van der Waals surface area contributed by atoms with Gasteiger partial charge in [-0.15, -0.1) is 21.5 Å². The van der Waals surface area contributed by atoms with Crippen LogP contribution in [0.15, 0.2) is 28.8 Å². The summed E-state index contributed by atoms with van der Waals surface area (Å²) in [5.41, 5.74) is 3.64. The first-order valence-electron chi connectivity index (χ1n) is 10.1. The molecule has 1 fully saturated rings. The van der Waals surface area contributed by atoms with Gasteiger partial charge in [-0.3, -0.25) is 19.6 Å². The lowest BCUT2D eigenvalue weighted by Gasteiger charge is -2.00. The number of aryl methyl sites for hydroxylation is 2. The molecule has 1 saturated heterocycles. The SMILES string of the molecule is Cc1nn(C)cc1-c1ccc2nc(CS(=O)(=O)Cc3nnc(CC4SC(=O)NC4=O)o3)sc2c1. The van der Waals surface area contributed by atoms with Crippen LogP contribution in [0, 0.1) is 6.92 Å². The first-order chi connectivity index (χ1) is 16.1. The lowest BCUT2D eigenvalue weighted by atomic mass is 10.1. The molecule has 3 aromatic heterocycles. The van der Waals surface area contributed by atoms with Crippen molar-refractivity contribution in [3.63, 3.8) is 0 Å². The fraction of sp³-hybridized carbons (Fsp3) is 0.300. The smallest absolute Gasteiger partial charge is 0.286 e. The van der Waals surface area contributed by atoms with Crippen LogP contribution in [0.4, 0.5) is 4.79 Å². The van der Waals surface area contributed by atoms with Crippen LogP contribution in [0.2, 0.25) is 0 Å². The van der Waals surface area contributed by atoms with Gasteiger partial charge in [-0.25, -0.2) is 13.4 Å². The van der Waals surface area contributed by atoms with Gasteiger partial charge < -0.3 is 4.42 Å². The molecule has 0 aliphatic carbocycles. The minimum Gasteiger partial charge on any atom is -0.424 e. The van der Waals surface area contributed by atoms with Crippen molar-refractivity contribution in [3.8, 4) is 11.1 Å². The van der Waals surface area contributed by atoms with Crippen LogP contribution in [-0.2, 0) is 39.6 Å². The monoisotopic (exact) mass is 518 g/mol. The number of thioether (sulfide) groups is 1. The average Bonchev–Trinajstić information content (AvgIpc) is 3.49. The molecule has 1 aromatic carbocycles. The Morgan fingerprint density at radius 3 is 2.68 bits per heavy atom. The molecule has 1 unspecified atom stereocenters. The normalized spacial score (nSPS) is 16.5. The highest BCUT2D eigenvalue weighted by molar-refractivity contribution is 8.15. The lowest BCUT2D eigenvalue weighted by molar-refractivity contribution is -0.119. The minimum absolute atomic E-state index is 0.0475. The third-order valence-electron chi connectivity index (χ3n) is 5.08. The highest BCUT2D eigenvalue weighted by Crippen LogP contribution is 2.30. The number of hydrogen-bond donors (Lipinski definition) is 1. The summed E-state index contributed by atoms with van der Waals surface area (Å²) in [4.78, 5) is 27.4. The molecule has 176 valence electrons. The van der Waals surface area contributed by atoms with Crippen molar-refractivity contribution in [2.75, 3.05) is 0 Å². The summed E-state index contributed by atoms with van der Waals surface area (Å²) in [6.07, 6.45) is 1.99. The van der Waals surface area contributed by atoms with Crippen LogP contribution in [0.5, 0.6) is 0 Å². The van der Waals surface area contributed by atoms with Gasteiger partial charge in [0.05, 0.1) is 15.9 Å². The standard InChI is InChI=1S/C20H18N6O5S3/c1-10-12(7-26(2)25-10)11-3-4-13-14(5-11)32-18(21-13)9-34(29,30)8-17-24-23-16(31-17)6-15-19(27)22-20(28)33-15/h3-5,7,15H,6,8-9H2,1-2H3,(H,22,27,28). The molecule has 0 spiro atoms. The Labute approximate surface area is 201 Å². The molecule has 34 heavy (non-hydrogen) atoms. The molecule has 4 aromatic rings. The molecule has 0 saturated carbocycles. The van der Waals surface area contributed by atoms with Gasteiger partial charge in [0.15, 0.2) is 9.84 Å². The molecule has 0 radical (unpaired) electrons. The highest BCUT2D eigenvalue weighted by atomic mass is 32.2. The molecule has 4 heterocycles. The molecule has 1 atom stereocenters. The summed E-state index contributed by atoms with van der Waals surface area (Å²) >= 11 is 2.16. The van der Waals surface area contributed by atoms with Crippen molar-refractivity contribution in [1.29, 1.82) is 0 Å². The molecular weight excluding hydrogens is 500 g/mol. The molecule has 5 rings (SSSR count). The quantitative estimate of drug-likeness (QED) is 0.386. The second-order valence-electron chi connectivity index (χ2n) is 7.80. The Morgan fingerprint density at radius 2 is 1.97 bits per heavy atom. The number of carbonyl (C=O) groups excluding carboxylic acids is 2. The Morgan fingerprint density at radius 1 is 1.18 bits per heavy atom. The molecule has 2 amide bonds. The number of hydrogen-bond acceptors (Lipinski definition) is 11. The van der Waals surface area contributed by atoms with Crippen molar-refractivity contribution in [3.05, 3.63) is 46.9 Å². The lowest BCUT2D eigenvalue weighted by Crippen LogP contribution is -2.25. The number of amides is 2. The van der Waals surface area contributed by atoms with Gasteiger partial charge in [0.1, 0.15) is 21.8 Å².